The van der Waals surface area contributed by atoms with Gasteiger partial charge in [0.15, 0.2) is 0 Å². The van der Waals surface area contributed by atoms with Crippen LogP contribution in [0.15, 0.2) is 18.2 Å². The van der Waals surface area contributed by atoms with Crippen molar-refractivity contribution in [2.24, 2.45) is 5.92 Å². The van der Waals surface area contributed by atoms with E-state index in [1.807, 2.05) is 12.1 Å². The molecule has 0 amide bonds. The van der Waals surface area contributed by atoms with Crippen LogP contribution in [0.1, 0.15) is 43.4 Å². The molecule has 3 rings (SSSR count). The molecule has 0 radical (unpaired) electrons. The van der Waals surface area contributed by atoms with Gasteiger partial charge in [0.1, 0.15) is 5.75 Å². The molecule has 0 aromatic heterocycles. The van der Waals surface area contributed by atoms with Crippen molar-refractivity contribution in [1.29, 1.82) is 0 Å². The Morgan fingerprint density at radius 1 is 1.35 bits per heavy atom. The molecule has 3 heteroatoms. The van der Waals surface area contributed by atoms with Crippen molar-refractivity contribution in [3.05, 3.63) is 29.3 Å². The number of nitrogens with zero attached hydrogens (tertiary/aromatic N) is 1. The van der Waals surface area contributed by atoms with Gasteiger partial charge < -0.3 is 15.3 Å². The van der Waals surface area contributed by atoms with Crippen molar-refractivity contribution < 1.29 is 5.11 Å². The molecule has 1 heterocycles. The number of phenols is 1. The standard InChI is InChI=1S/C17H26N2O/c1-13(12-19-8-2-3-9-19)11-18-17-7-4-14-10-15(20)5-6-16(14)17/h5-6,10,13,17-18,20H,2-4,7-9,11-12H2,1H3. The summed E-state index contributed by atoms with van der Waals surface area (Å²) >= 11 is 0. The maximum Gasteiger partial charge on any atom is 0.115 e. The molecule has 2 N–H and O–H groups in total. The minimum Gasteiger partial charge on any atom is -0.508 e. The normalized spacial score (nSPS) is 23.9. The van der Waals surface area contributed by atoms with Gasteiger partial charge in [-0.15, -0.1) is 0 Å². The van der Waals surface area contributed by atoms with Gasteiger partial charge in [0.25, 0.3) is 0 Å². The number of aryl methyl sites for hydroxylation is 1. The van der Waals surface area contributed by atoms with Crippen molar-refractivity contribution in [1.82, 2.24) is 10.2 Å². The average molecular weight is 274 g/mol. The molecule has 2 aliphatic rings. The van der Waals surface area contributed by atoms with E-state index < -0.39 is 0 Å². The van der Waals surface area contributed by atoms with Crippen molar-refractivity contribution >= 4 is 0 Å². The first-order valence-electron chi connectivity index (χ1n) is 8.00. The number of hydrogen-bond donors (Lipinski definition) is 2. The average Bonchev–Trinajstić information content (AvgIpc) is 3.05. The number of benzene rings is 1. The Balaban J connectivity index is 1.50. The van der Waals surface area contributed by atoms with E-state index in [9.17, 15) is 5.11 Å². The summed E-state index contributed by atoms with van der Waals surface area (Å²) in [6, 6.07) is 6.30. The monoisotopic (exact) mass is 274 g/mol. The minimum absolute atomic E-state index is 0.395. The molecule has 1 saturated heterocycles. The summed E-state index contributed by atoms with van der Waals surface area (Å²) in [4.78, 5) is 2.59. The van der Waals surface area contributed by atoms with Crippen molar-refractivity contribution in [2.45, 2.75) is 38.6 Å². The molecule has 0 spiro atoms. The van der Waals surface area contributed by atoms with E-state index in [1.165, 1.54) is 43.6 Å². The fraction of sp³-hybridized carbons (Fsp3) is 0.647. The third kappa shape index (κ3) is 3.15. The molecule has 3 nitrogen and oxygen atoms in total. The lowest BCUT2D eigenvalue weighted by molar-refractivity contribution is 0.277. The molecule has 1 aromatic rings. The zero-order valence-corrected chi connectivity index (χ0v) is 12.4. The Bertz CT molecular complexity index is 454. The second-order valence-electron chi connectivity index (χ2n) is 6.50. The third-order valence-electron chi connectivity index (χ3n) is 4.69. The number of nitrogens with one attached hydrogen (secondary N) is 1. The van der Waals surface area contributed by atoms with Crippen LogP contribution in [0.3, 0.4) is 0 Å². The summed E-state index contributed by atoms with van der Waals surface area (Å²) in [7, 11) is 0. The molecule has 1 aromatic carbocycles. The van der Waals surface area contributed by atoms with Gasteiger partial charge in [-0.3, -0.25) is 0 Å². The summed E-state index contributed by atoms with van der Waals surface area (Å²) in [5, 5.41) is 13.3. The molecule has 1 fully saturated rings. The van der Waals surface area contributed by atoms with E-state index in [2.05, 4.69) is 23.2 Å². The summed E-state index contributed by atoms with van der Waals surface area (Å²) in [5.41, 5.74) is 2.70. The quantitative estimate of drug-likeness (QED) is 0.866. The van der Waals surface area contributed by atoms with Crippen LogP contribution in [0.2, 0.25) is 0 Å². The first-order valence-corrected chi connectivity index (χ1v) is 8.00. The first-order chi connectivity index (χ1) is 9.72. The highest BCUT2D eigenvalue weighted by Crippen LogP contribution is 2.33. The number of aromatic hydroxyl groups is 1. The second-order valence-corrected chi connectivity index (χ2v) is 6.50. The zero-order chi connectivity index (χ0) is 13.9. The smallest absolute Gasteiger partial charge is 0.115 e. The Morgan fingerprint density at radius 2 is 2.15 bits per heavy atom. The van der Waals surface area contributed by atoms with Crippen LogP contribution < -0.4 is 5.32 Å². The van der Waals surface area contributed by atoms with Crippen LogP contribution in [0.25, 0.3) is 0 Å². The van der Waals surface area contributed by atoms with E-state index in [4.69, 9.17) is 0 Å². The van der Waals surface area contributed by atoms with Gasteiger partial charge >= 0.3 is 0 Å². The van der Waals surface area contributed by atoms with Crippen LogP contribution in [-0.2, 0) is 6.42 Å². The highest BCUT2D eigenvalue weighted by molar-refractivity contribution is 5.39. The number of rotatable bonds is 5. The van der Waals surface area contributed by atoms with E-state index in [-0.39, 0.29) is 0 Å². The van der Waals surface area contributed by atoms with Gasteiger partial charge in [-0.2, -0.15) is 0 Å². The van der Waals surface area contributed by atoms with Crippen molar-refractivity contribution in [3.8, 4) is 5.75 Å². The SMILES string of the molecule is CC(CNC1CCc2cc(O)ccc21)CN1CCCC1. The van der Waals surface area contributed by atoms with Crippen LogP contribution in [0, 0.1) is 5.92 Å². The van der Waals surface area contributed by atoms with Crippen LogP contribution in [0.4, 0.5) is 0 Å². The Kier molecular flexibility index (Phi) is 4.27. The Labute approximate surface area is 122 Å². The fourth-order valence-electron chi connectivity index (χ4n) is 3.63. The lowest BCUT2D eigenvalue weighted by Crippen LogP contribution is -2.32. The molecule has 0 saturated carbocycles. The minimum atomic E-state index is 0.395. The summed E-state index contributed by atoms with van der Waals surface area (Å²) in [5.74, 6) is 1.10. The van der Waals surface area contributed by atoms with E-state index >= 15 is 0 Å². The van der Waals surface area contributed by atoms with Gasteiger partial charge in [0.2, 0.25) is 0 Å². The van der Waals surface area contributed by atoms with E-state index in [0.717, 1.165) is 19.4 Å². The second kappa shape index (κ2) is 6.15. The molecular formula is C17H26N2O. The van der Waals surface area contributed by atoms with Gasteiger partial charge in [-0.1, -0.05) is 13.0 Å². The van der Waals surface area contributed by atoms with Crippen LogP contribution >= 0.6 is 0 Å². The molecule has 20 heavy (non-hydrogen) atoms. The summed E-state index contributed by atoms with van der Waals surface area (Å²) < 4.78 is 0. The molecule has 1 aliphatic heterocycles. The number of fused-ring (bicyclic) bond motifs is 1. The number of hydrogen-bond acceptors (Lipinski definition) is 3. The summed E-state index contributed by atoms with van der Waals surface area (Å²) in [6.45, 7) is 7.23. The fourth-order valence-corrected chi connectivity index (χ4v) is 3.63. The van der Waals surface area contributed by atoms with Crippen molar-refractivity contribution in [3.63, 3.8) is 0 Å². The molecule has 2 unspecified atom stereocenters. The number of likely N-dealkylation sites (tertiary alicyclic amines) is 1. The van der Waals surface area contributed by atoms with Crippen molar-refractivity contribution in [2.75, 3.05) is 26.2 Å². The maximum atomic E-state index is 9.53. The Hall–Kier alpha value is -1.06. The largest absolute Gasteiger partial charge is 0.508 e. The number of phenolic OH excluding ortho intramolecular Hbond substituents is 1. The lowest BCUT2D eigenvalue weighted by Gasteiger charge is -2.22. The molecule has 2 atom stereocenters. The van der Waals surface area contributed by atoms with Gasteiger partial charge in [-0.05, 0) is 74.5 Å². The third-order valence-corrected chi connectivity index (χ3v) is 4.69. The zero-order valence-electron chi connectivity index (χ0n) is 12.4. The predicted molar refractivity (Wildman–Crippen MR) is 82.0 cm³/mol. The topological polar surface area (TPSA) is 35.5 Å². The molecule has 0 bridgehead atoms. The lowest BCUT2D eigenvalue weighted by atomic mass is 10.1. The molecule has 1 aliphatic carbocycles. The highest BCUT2D eigenvalue weighted by Gasteiger charge is 2.23. The molecule has 110 valence electrons. The van der Waals surface area contributed by atoms with Crippen LogP contribution in [0.5, 0.6) is 5.75 Å². The van der Waals surface area contributed by atoms with Crippen LogP contribution in [-0.4, -0.2) is 36.2 Å². The van der Waals surface area contributed by atoms with E-state index in [1.54, 1.807) is 0 Å². The van der Waals surface area contributed by atoms with Gasteiger partial charge in [0.05, 0.1) is 0 Å². The predicted octanol–water partition coefficient (Wildman–Crippen LogP) is 2.70. The molecular weight excluding hydrogens is 248 g/mol. The first kappa shape index (κ1) is 13.9. The Morgan fingerprint density at radius 3 is 2.95 bits per heavy atom. The highest BCUT2D eigenvalue weighted by atomic mass is 16.3. The maximum absolute atomic E-state index is 9.53. The van der Waals surface area contributed by atoms with Gasteiger partial charge in [0, 0.05) is 12.6 Å². The summed E-state index contributed by atoms with van der Waals surface area (Å²) in [6.07, 6.45) is 5.00. The van der Waals surface area contributed by atoms with E-state index in [0.29, 0.717) is 17.7 Å². The van der Waals surface area contributed by atoms with Gasteiger partial charge in [-0.25, -0.2) is 0 Å².